The summed E-state index contributed by atoms with van der Waals surface area (Å²) in [5.41, 5.74) is 0.547. The number of benzene rings is 1. The summed E-state index contributed by atoms with van der Waals surface area (Å²) in [6.45, 7) is 0. The highest BCUT2D eigenvalue weighted by atomic mass is 32.1. The number of fused-ring (bicyclic) bond motifs is 1. The average Bonchev–Trinajstić information content (AvgIpc) is 2.81. The monoisotopic (exact) mass is 232 g/mol. The van der Waals surface area contributed by atoms with E-state index >= 15 is 0 Å². The molecule has 0 bridgehead atoms. The molecule has 2 aromatic rings. The Morgan fingerprint density at radius 1 is 1.31 bits per heavy atom. The molecule has 80 valence electrons. The molecule has 1 N–H and O–H groups in total. The van der Waals surface area contributed by atoms with Crippen molar-refractivity contribution >= 4 is 33.0 Å². The molecule has 1 aliphatic heterocycles. The van der Waals surface area contributed by atoms with Crippen LogP contribution in [-0.4, -0.2) is 17.4 Å². The summed E-state index contributed by atoms with van der Waals surface area (Å²) in [6, 6.07) is 9.88. The molecule has 1 aromatic heterocycles. The Bertz CT molecular complexity index is 564. The van der Waals surface area contributed by atoms with E-state index in [0.29, 0.717) is 5.57 Å². The number of aliphatic hydroxyl groups excluding tert-OH is 1. The van der Waals surface area contributed by atoms with Crippen LogP contribution in [0.4, 0.5) is 0 Å². The Balaban J connectivity index is 2.13. The van der Waals surface area contributed by atoms with E-state index in [1.165, 1.54) is 17.4 Å². The second-order valence-corrected chi connectivity index (χ2v) is 4.62. The molecular weight excluding hydrogens is 224 g/mol. The van der Waals surface area contributed by atoms with Gasteiger partial charge in [0.2, 0.25) is 6.29 Å². The number of hydrogen-bond acceptors (Lipinski definition) is 4. The van der Waals surface area contributed by atoms with Gasteiger partial charge in [0.25, 0.3) is 0 Å². The standard InChI is InChI=1S/C12H8O3S/c13-11-6-8(12(14)15-11)10-5-7-3-1-2-4-9(7)16-10/h1-6,12,14H. The van der Waals surface area contributed by atoms with Crippen LogP contribution in [0.5, 0.6) is 0 Å². The normalized spacial score (nSPS) is 19.9. The minimum atomic E-state index is -1.12. The summed E-state index contributed by atoms with van der Waals surface area (Å²) >= 11 is 1.54. The largest absolute Gasteiger partial charge is 0.428 e. The maximum absolute atomic E-state index is 11.0. The molecule has 1 unspecified atom stereocenters. The molecule has 0 radical (unpaired) electrons. The van der Waals surface area contributed by atoms with E-state index in [1.54, 1.807) is 0 Å². The Kier molecular flexibility index (Phi) is 2.05. The first-order valence-corrected chi connectivity index (χ1v) is 5.65. The van der Waals surface area contributed by atoms with Gasteiger partial charge in [-0.25, -0.2) is 4.79 Å². The lowest BCUT2D eigenvalue weighted by Crippen LogP contribution is -2.08. The van der Waals surface area contributed by atoms with Crippen LogP contribution in [0.2, 0.25) is 0 Å². The fourth-order valence-corrected chi connectivity index (χ4v) is 2.81. The molecule has 1 aliphatic rings. The molecule has 2 heterocycles. The maximum atomic E-state index is 11.0. The maximum Gasteiger partial charge on any atom is 0.333 e. The molecule has 16 heavy (non-hydrogen) atoms. The van der Waals surface area contributed by atoms with Gasteiger partial charge in [-0.2, -0.15) is 0 Å². The van der Waals surface area contributed by atoms with Gasteiger partial charge in [0, 0.05) is 21.2 Å². The molecule has 0 spiro atoms. The van der Waals surface area contributed by atoms with Crippen molar-refractivity contribution in [1.29, 1.82) is 0 Å². The van der Waals surface area contributed by atoms with Gasteiger partial charge in [-0.1, -0.05) is 18.2 Å². The van der Waals surface area contributed by atoms with Crippen LogP contribution in [0.15, 0.2) is 36.4 Å². The lowest BCUT2D eigenvalue weighted by molar-refractivity contribution is -0.149. The van der Waals surface area contributed by atoms with E-state index in [9.17, 15) is 9.90 Å². The molecule has 1 atom stereocenters. The fourth-order valence-electron chi connectivity index (χ4n) is 1.72. The first kappa shape index (κ1) is 9.57. The van der Waals surface area contributed by atoms with Crippen molar-refractivity contribution in [2.24, 2.45) is 0 Å². The summed E-state index contributed by atoms with van der Waals surface area (Å²) in [4.78, 5) is 11.9. The number of hydrogen-bond donors (Lipinski definition) is 1. The van der Waals surface area contributed by atoms with Crippen LogP contribution in [0, 0.1) is 0 Å². The van der Waals surface area contributed by atoms with Gasteiger partial charge in [0.15, 0.2) is 0 Å². The number of carbonyl (C=O) groups excluding carboxylic acids is 1. The highest BCUT2D eigenvalue weighted by Gasteiger charge is 2.26. The summed E-state index contributed by atoms with van der Waals surface area (Å²) in [5.74, 6) is -0.486. The van der Waals surface area contributed by atoms with E-state index < -0.39 is 12.3 Å². The van der Waals surface area contributed by atoms with Crippen molar-refractivity contribution in [3.05, 3.63) is 41.3 Å². The molecule has 0 saturated heterocycles. The zero-order chi connectivity index (χ0) is 11.1. The van der Waals surface area contributed by atoms with E-state index in [0.717, 1.165) is 15.0 Å². The molecule has 3 nitrogen and oxygen atoms in total. The Labute approximate surface area is 95.6 Å². The van der Waals surface area contributed by atoms with Gasteiger partial charge in [-0.15, -0.1) is 11.3 Å². The van der Waals surface area contributed by atoms with Crippen molar-refractivity contribution in [2.45, 2.75) is 6.29 Å². The molecule has 1 aromatic carbocycles. The van der Waals surface area contributed by atoms with Crippen LogP contribution < -0.4 is 0 Å². The van der Waals surface area contributed by atoms with Gasteiger partial charge in [0.05, 0.1) is 0 Å². The van der Waals surface area contributed by atoms with Crippen molar-refractivity contribution in [3.63, 3.8) is 0 Å². The zero-order valence-corrected chi connectivity index (χ0v) is 9.03. The van der Waals surface area contributed by atoms with Gasteiger partial charge < -0.3 is 9.84 Å². The SMILES string of the molecule is O=C1C=C(c2cc3ccccc3s2)C(O)O1. The number of cyclic esters (lactones) is 1. The van der Waals surface area contributed by atoms with Gasteiger partial charge in [0.1, 0.15) is 0 Å². The molecule has 0 aliphatic carbocycles. The van der Waals surface area contributed by atoms with Crippen LogP contribution in [0.25, 0.3) is 15.7 Å². The lowest BCUT2D eigenvalue weighted by Gasteiger charge is -2.03. The van der Waals surface area contributed by atoms with Crippen molar-refractivity contribution in [2.75, 3.05) is 0 Å². The van der Waals surface area contributed by atoms with Crippen molar-refractivity contribution in [1.82, 2.24) is 0 Å². The predicted molar refractivity (Wildman–Crippen MR) is 61.9 cm³/mol. The smallest absolute Gasteiger partial charge is 0.333 e. The minimum absolute atomic E-state index is 0.486. The third kappa shape index (κ3) is 1.43. The van der Waals surface area contributed by atoms with Crippen LogP contribution in [-0.2, 0) is 9.53 Å². The third-order valence-corrected chi connectivity index (χ3v) is 3.64. The summed E-state index contributed by atoms with van der Waals surface area (Å²) in [7, 11) is 0. The second-order valence-electron chi connectivity index (χ2n) is 3.54. The molecule has 0 saturated carbocycles. The first-order valence-electron chi connectivity index (χ1n) is 4.83. The first-order chi connectivity index (χ1) is 7.74. The topological polar surface area (TPSA) is 46.5 Å². The quantitative estimate of drug-likeness (QED) is 0.766. The number of esters is 1. The molecule has 0 fully saturated rings. The Morgan fingerprint density at radius 2 is 2.12 bits per heavy atom. The van der Waals surface area contributed by atoms with Gasteiger partial charge >= 0.3 is 5.97 Å². The van der Waals surface area contributed by atoms with Crippen molar-refractivity contribution in [3.8, 4) is 0 Å². The summed E-state index contributed by atoms with van der Waals surface area (Å²) in [6.07, 6.45) is 0.218. The highest BCUT2D eigenvalue weighted by molar-refractivity contribution is 7.20. The minimum Gasteiger partial charge on any atom is -0.428 e. The van der Waals surface area contributed by atoms with Crippen LogP contribution in [0.3, 0.4) is 0 Å². The number of rotatable bonds is 1. The number of ether oxygens (including phenoxy) is 1. The van der Waals surface area contributed by atoms with E-state index in [2.05, 4.69) is 4.74 Å². The molecule has 3 rings (SSSR count). The lowest BCUT2D eigenvalue weighted by atomic mass is 10.2. The fraction of sp³-hybridized carbons (Fsp3) is 0.0833. The zero-order valence-electron chi connectivity index (χ0n) is 8.21. The molecule has 0 amide bonds. The third-order valence-electron chi connectivity index (χ3n) is 2.48. The van der Waals surface area contributed by atoms with Gasteiger partial charge in [-0.05, 0) is 17.5 Å². The predicted octanol–water partition coefficient (Wildman–Crippen LogP) is 2.16. The Morgan fingerprint density at radius 3 is 2.81 bits per heavy atom. The van der Waals surface area contributed by atoms with Crippen molar-refractivity contribution < 1.29 is 14.6 Å². The Hall–Kier alpha value is -1.65. The average molecular weight is 232 g/mol. The number of aliphatic hydroxyl groups is 1. The van der Waals surface area contributed by atoms with E-state index in [-0.39, 0.29) is 0 Å². The van der Waals surface area contributed by atoms with E-state index in [1.807, 2.05) is 30.3 Å². The van der Waals surface area contributed by atoms with Crippen LogP contribution >= 0.6 is 11.3 Å². The van der Waals surface area contributed by atoms with E-state index in [4.69, 9.17) is 0 Å². The second kappa shape index (κ2) is 3.43. The van der Waals surface area contributed by atoms with Gasteiger partial charge in [-0.3, -0.25) is 0 Å². The number of carbonyl (C=O) groups is 1. The molecular formula is C12H8O3S. The summed E-state index contributed by atoms with van der Waals surface area (Å²) < 4.78 is 5.78. The summed E-state index contributed by atoms with van der Waals surface area (Å²) in [5, 5.41) is 10.6. The molecule has 4 heteroatoms. The highest BCUT2D eigenvalue weighted by Crippen LogP contribution is 2.34. The number of thiophene rings is 1. The van der Waals surface area contributed by atoms with Crippen LogP contribution in [0.1, 0.15) is 4.88 Å².